The zero-order valence-electron chi connectivity index (χ0n) is 18.0. The van der Waals surface area contributed by atoms with E-state index in [-0.39, 0.29) is 12.0 Å². The van der Waals surface area contributed by atoms with Gasteiger partial charge in [-0.05, 0) is 13.8 Å². The first-order valence-electron chi connectivity index (χ1n) is 10.0. The Labute approximate surface area is 191 Å². The van der Waals surface area contributed by atoms with Crippen molar-refractivity contribution in [2.24, 2.45) is 0 Å². The third-order valence-corrected chi connectivity index (χ3v) is 7.82. The van der Waals surface area contributed by atoms with Gasteiger partial charge in [-0.1, -0.05) is 0 Å². The molecule has 0 amide bonds. The van der Waals surface area contributed by atoms with Crippen molar-refractivity contribution in [2.45, 2.75) is 69.7 Å². The van der Waals surface area contributed by atoms with Crippen molar-refractivity contribution >= 4 is 15.6 Å². The molecular formula is C16H26N2O14P2. The van der Waals surface area contributed by atoms with Gasteiger partial charge in [0.2, 0.25) is 0 Å². The maximum absolute atomic E-state index is 12.1. The molecule has 6 N–H and O–H groups in total. The SMILES string of the molecule is Cc1cn([C@H]2C[C@H](O)[C@@H](COP(=O)(O)OP(=O)(O)O[C@H]3C[C@@H](O)[C@H](O)[C@@H](C)O3)O2)c(=O)[nH]c1=O. The van der Waals surface area contributed by atoms with Crippen LogP contribution in [0.3, 0.4) is 0 Å². The fourth-order valence-electron chi connectivity index (χ4n) is 3.42. The summed E-state index contributed by atoms with van der Waals surface area (Å²) in [5, 5.41) is 29.5. The maximum atomic E-state index is 12.1. The van der Waals surface area contributed by atoms with E-state index < -0.39 is 83.0 Å². The second kappa shape index (κ2) is 10.4. The minimum Gasteiger partial charge on any atom is -0.390 e. The molecule has 2 saturated heterocycles. The Bertz CT molecular complexity index is 1080. The number of hydrogen-bond donors (Lipinski definition) is 6. The topological polar surface area (TPSA) is 236 Å². The van der Waals surface area contributed by atoms with Crippen molar-refractivity contribution in [1.29, 1.82) is 0 Å². The van der Waals surface area contributed by atoms with Crippen LogP contribution in [-0.4, -0.2) is 78.1 Å². The van der Waals surface area contributed by atoms with E-state index in [1.165, 1.54) is 20.0 Å². The van der Waals surface area contributed by atoms with Gasteiger partial charge in [0.25, 0.3) is 5.56 Å². The molecule has 2 aliphatic rings. The minimum atomic E-state index is -5.25. The third-order valence-electron chi connectivity index (χ3n) is 5.19. The van der Waals surface area contributed by atoms with Crippen LogP contribution in [0, 0.1) is 6.92 Å². The van der Waals surface area contributed by atoms with Crippen LogP contribution in [0.25, 0.3) is 0 Å². The number of hydrogen-bond acceptors (Lipinski definition) is 12. The monoisotopic (exact) mass is 532 g/mol. The Morgan fingerprint density at radius 1 is 1.12 bits per heavy atom. The van der Waals surface area contributed by atoms with Gasteiger partial charge in [0.05, 0.1) is 24.9 Å². The molecule has 0 spiro atoms. The van der Waals surface area contributed by atoms with Gasteiger partial charge in [-0.3, -0.25) is 23.4 Å². The number of phosphoric acid groups is 2. The average Bonchev–Trinajstić information content (AvgIpc) is 3.06. The van der Waals surface area contributed by atoms with Crippen molar-refractivity contribution < 1.29 is 57.1 Å². The van der Waals surface area contributed by atoms with Crippen LogP contribution >= 0.6 is 15.6 Å². The van der Waals surface area contributed by atoms with Crippen LogP contribution in [0.4, 0.5) is 0 Å². The number of phosphoric ester groups is 2. The second-order valence-electron chi connectivity index (χ2n) is 7.90. The van der Waals surface area contributed by atoms with E-state index >= 15 is 0 Å². The molecule has 0 bridgehead atoms. The quantitative estimate of drug-likeness (QED) is 0.211. The van der Waals surface area contributed by atoms with Crippen molar-refractivity contribution in [3.05, 3.63) is 32.6 Å². The Morgan fingerprint density at radius 2 is 1.79 bits per heavy atom. The maximum Gasteiger partial charge on any atom is 0.483 e. The normalized spacial score (nSPS) is 35.6. The molecule has 16 nitrogen and oxygen atoms in total. The molecule has 34 heavy (non-hydrogen) atoms. The first kappa shape index (κ1) is 27.3. The summed E-state index contributed by atoms with van der Waals surface area (Å²) in [5.41, 5.74) is -1.17. The lowest BCUT2D eigenvalue weighted by Gasteiger charge is -2.35. The summed E-state index contributed by atoms with van der Waals surface area (Å²) >= 11 is 0. The molecule has 194 valence electrons. The Balaban J connectivity index is 1.56. The molecule has 0 aromatic carbocycles. The van der Waals surface area contributed by atoms with Gasteiger partial charge in [-0.2, -0.15) is 4.31 Å². The van der Waals surface area contributed by atoms with E-state index in [4.69, 9.17) is 9.47 Å². The average molecular weight is 532 g/mol. The lowest BCUT2D eigenvalue weighted by molar-refractivity contribution is -0.220. The number of nitrogens with one attached hydrogen (secondary N) is 1. The van der Waals surface area contributed by atoms with E-state index in [1.807, 2.05) is 0 Å². The number of aliphatic hydroxyl groups is 3. The van der Waals surface area contributed by atoms with E-state index in [9.17, 15) is 43.8 Å². The molecular weight excluding hydrogens is 506 g/mol. The van der Waals surface area contributed by atoms with Crippen LogP contribution in [0.5, 0.6) is 0 Å². The fourth-order valence-corrected chi connectivity index (χ4v) is 5.57. The van der Waals surface area contributed by atoms with E-state index in [2.05, 4.69) is 18.3 Å². The number of rotatable bonds is 8. The van der Waals surface area contributed by atoms with Crippen LogP contribution in [0.15, 0.2) is 15.8 Å². The van der Waals surface area contributed by atoms with Gasteiger partial charge >= 0.3 is 21.3 Å². The molecule has 0 aliphatic carbocycles. The summed E-state index contributed by atoms with van der Waals surface area (Å²) in [6, 6.07) is 0. The third kappa shape index (κ3) is 6.69. The lowest BCUT2D eigenvalue weighted by Crippen LogP contribution is -2.47. The summed E-state index contributed by atoms with van der Waals surface area (Å²) in [6.45, 7) is 2.05. The fraction of sp³-hybridized carbons (Fsp3) is 0.750. The van der Waals surface area contributed by atoms with Crippen LogP contribution in [0.1, 0.15) is 31.6 Å². The lowest BCUT2D eigenvalue weighted by atomic mass is 10.0. The molecule has 9 atom stereocenters. The second-order valence-corrected chi connectivity index (χ2v) is 10.9. The molecule has 18 heteroatoms. The molecule has 1 aromatic heterocycles. The predicted octanol–water partition coefficient (Wildman–Crippen LogP) is -1.40. The van der Waals surface area contributed by atoms with E-state index in [1.54, 1.807) is 0 Å². The molecule has 2 fully saturated rings. The first-order valence-corrected chi connectivity index (χ1v) is 13.0. The molecule has 1 aromatic rings. The summed E-state index contributed by atoms with van der Waals surface area (Å²) in [7, 11) is -10.5. The standard InChI is InChI=1S/C16H26N2O14P2/c1-7-5-18(16(23)17-15(7)22)12-3-9(19)11(30-12)6-28-33(24,25)32-34(26,27)31-13-4-10(20)14(21)8(2)29-13/h5,8-14,19-21H,3-4,6H2,1-2H3,(H,24,25)(H,26,27)(H,17,22,23)/t8-,9+,10-,11-,12-,13+,14-/m1/s1. The minimum absolute atomic E-state index is 0.122. The zero-order valence-corrected chi connectivity index (χ0v) is 19.8. The number of aromatic nitrogens is 2. The van der Waals surface area contributed by atoms with Gasteiger partial charge in [0, 0.05) is 24.6 Å². The van der Waals surface area contributed by atoms with Crippen molar-refractivity contribution in [1.82, 2.24) is 9.55 Å². The number of aliphatic hydroxyl groups excluding tert-OH is 3. The highest BCUT2D eigenvalue weighted by Crippen LogP contribution is 2.61. The van der Waals surface area contributed by atoms with Crippen molar-refractivity contribution in [3.8, 4) is 0 Å². The van der Waals surface area contributed by atoms with Gasteiger partial charge in [-0.25, -0.2) is 13.9 Å². The summed E-state index contributed by atoms with van der Waals surface area (Å²) in [6.07, 6.45) is -7.90. The van der Waals surface area contributed by atoms with Crippen LogP contribution in [0.2, 0.25) is 0 Å². The number of aryl methyl sites for hydroxylation is 1. The molecule has 3 heterocycles. The number of H-pyrrole nitrogens is 1. The Hall–Kier alpha value is -1.26. The summed E-state index contributed by atoms with van der Waals surface area (Å²) < 4.78 is 49.3. The predicted molar refractivity (Wildman–Crippen MR) is 109 cm³/mol. The Morgan fingerprint density at radius 3 is 2.44 bits per heavy atom. The van der Waals surface area contributed by atoms with Gasteiger partial charge < -0.3 is 34.6 Å². The number of ether oxygens (including phenoxy) is 2. The van der Waals surface area contributed by atoms with E-state index in [0.29, 0.717) is 0 Å². The largest absolute Gasteiger partial charge is 0.483 e. The highest BCUT2D eigenvalue weighted by Gasteiger charge is 2.43. The molecule has 0 radical (unpaired) electrons. The van der Waals surface area contributed by atoms with Crippen molar-refractivity contribution in [3.63, 3.8) is 0 Å². The van der Waals surface area contributed by atoms with Gasteiger partial charge in [0.1, 0.15) is 18.4 Å². The first-order chi connectivity index (χ1) is 15.7. The van der Waals surface area contributed by atoms with Gasteiger partial charge in [0.15, 0.2) is 6.29 Å². The van der Waals surface area contributed by atoms with Gasteiger partial charge in [-0.15, -0.1) is 0 Å². The molecule has 2 aliphatic heterocycles. The highest BCUT2D eigenvalue weighted by atomic mass is 31.3. The smallest absolute Gasteiger partial charge is 0.390 e. The summed E-state index contributed by atoms with van der Waals surface area (Å²) in [5.74, 6) is 0. The molecule has 2 unspecified atom stereocenters. The number of nitrogens with zero attached hydrogens (tertiary/aromatic N) is 1. The van der Waals surface area contributed by atoms with Crippen LogP contribution < -0.4 is 11.2 Å². The summed E-state index contributed by atoms with van der Waals surface area (Å²) in [4.78, 5) is 45.1. The molecule has 3 rings (SSSR count). The van der Waals surface area contributed by atoms with Crippen LogP contribution in [-0.2, 0) is 32.0 Å². The van der Waals surface area contributed by atoms with E-state index in [0.717, 1.165) is 4.57 Å². The zero-order chi connectivity index (χ0) is 25.4. The van der Waals surface area contributed by atoms with Crippen molar-refractivity contribution in [2.75, 3.05) is 6.61 Å². The Kier molecular flexibility index (Phi) is 8.35. The highest BCUT2D eigenvalue weighted by molar-refractivity contribution is 7.61. The molecule has 0 saturated carbocycles. The number of aromatic amines is 1.